The van der Waals surface area contributed by atoms with E-state index in [-0.39, 0.29) is 11.5 Å². The number of carbonyl (C=O) groups excluding carboxylic acids is 1. The SMILES string of the molecule is COc1ccc(OC)c(-c2n[nH]c(C3CCOCC3)c2NC(=O)c2ccc(C(F)(F)F)cc2)c1. The van der Waals surface area contributed by atoms with Gasteiger partial charge in [0, 0.05) is 30.3 Å². The van der Waals surface area contributed by atoms with Gasteiger partial charge in [0.2, 0.25) is 0 Å². The number of nitrogens with one attached hydrogen (secondary N) is 2. The summed E-state index contributed by atoms with van der Waals surface area (Å²) >= 11 is 0. The number of amides is 1. The van der Waals surface area contributed by atoms with Crippen molar-refractivity contribution in [3.63, 3.8) is 0 Å². The molecule has 0 saturated carbocycles. The molecule has 1 amide bonds. The minimum atomic E-state index is -4.48. The Balaban J connectivity index is 1.74. The van der Waals surface area contributed by atoms with Crippen molar-refractivity contribution in [2.75, 3.05) is 32.8 Å². The maximum Gasteiger partial charge on any atom is 0.416 e. The molecule has 34 heavy (non-hydrogen) atoms. The van der Waals surface area contributed by atoms with Crippen LogP contribution < -0.4 is 14.8 Å². The number of alkyl halides is 3. The van der Waals surface area contributed by atoms with Crippen LogP contribution in [-0.4, -0.2) is 43.5 Å². The quantitative estimate of drug-likeness (QED) is 0.508. The number of methoxy groups -OCH3 is 2. The fraction of sp³-hybridized carbons (Fsp3) is 0.333. The van der Waals surface area contributed by atoms with Gasteiger partial charge in [0.15, 0.2) is 0 Å². The highest BCUT2D eigenvalue weighted by Gasteiger charge is 2.31. The fourth-order valence-electron chi connectivity index (χ4n) is 3.95. The van der Waals surface area contributed by atoms with Gasteiger partial charge < -0.3 is 19.5 Å². The minimum absolute atomic E-state index is 0.0644. The largest absolute Gasteiger partial charge is 0.497 e. The highest BCUT2D eigenvalue weighted by atomic mass is 19.4. The highest BCUT2D eigenvalue weighted by molar-refractivity contribution is 6.06. The Hall–Kier alpha value is -3.53. The number of ether oxygens (including phenoxy) is 3. The van der Waals surface area contributed by atoms with Crippen molar-refractivity contribution in [1.82, 2.24) is 10.2 Å². The number of hydrogen-bond donors (Lipinski definition) is 2. The van der Waals surface area contributed by atoms with E-state index in [9.17, 15) is 18.0 Å². The van der Waals surface area contributed by atoms with Gasteiger partial charge in [-0.25, -0.2) is 0 Å². The van der Waals surface area contributed by atoms with Crippen LogP contribution in [-0.2, 0) is 10.9 Å². The summed E-state index contributed by atoms with van der Waals surface area (Å²) in [4.78, 5) is 13.1. The van der Waals surface area contributed by atoms with Crippen LogP contribution in [0, 0.1) is 0 Å². The van der Waals surface area contributed by atoms with Crippen LogP contribution >= 0.6 is 0 Å². The molecule has 1 aromatic heterocycles. The van der Waals surface area contributed by atoms with Gasteiger partial charge in [-0.15, -0.1) is 0 Å². The molecule has 1 fully saturated rings. The predicted molar refractivity (Wildman–Crippen MR) is 119 cm³/mol. The third kappa shape index (κ3) is 4.86. The molecule has 0 radical (unpaired) electrons. The monoisotopic (exact) mass is 475 g/mol. The van der Waals surface area contributed by atoms with Gasteiger partial charge in [-0.3, -0.25) is 9.89 Å². The van der Waals surface area contributed by atoms with Crippen molar-refractivity contribution in [2.45, 2.75) is 24.9 Å². The third-order valence-corrected chi connectivity index (χ3v) is 5.80. The molecule has 0 atom stereocenters. The first-order valence-corrected chi connectivity index (χ1v) is 10.7. The molecule has 180 valence electrons. The summed E-state index contributed by atoms with van der Waals surface area (Å²) in [5.74, 6) is 0.614. The summed E-state index contributed by atoms with van der Waals surface area (Å²) < 4.78 is 55.0. The van der Waals surface area contributed by atoms with E-state index in [0.717, 1.165) is 42.8 Å². The summed E-state index contributed by atoms with van der Waals surface area (Å²) in [5, 5.41) is 10.4. The van der Waals surface area contributed by atoms with E-state index < -0.39 is 17.6 Å². The third-order valence-electron chi connectivity index (χ3n) is 5.80. The van der Waals surface area contributed by atoms with Crippen LogP contribution in [0.15, 0.2) is 42.5 Å². The topological polar surface area (TPSA) is 85.5 Å². The van der Waals surface area contributed by atoms with Crippen LogP contribution in [0.1, 0.15) is 40.4 Å². The van der Waals surface area contributed by atoms with Gasteiger partial charge in [-0.2, -0.15) is 18.3 Å². The number of halogens is 3. The zero-order valence-electron chi connectivity index (χ0n) is 18.7. The molecule has 10 heteroatoms. The lowest BCUT2D eigenvalue weighted by atomic mass is 9.94. The van der Waals surface area contributed by atoms with E-state index in [0.29, 0.717) is 41.7 Å². The Bertz CT molecular complexity index is 1150. The Labute approximate surface area is 194 Å². The number of rotatable bonds is 6. The molecule has 0 unspecified atom stereocenters. The second kappa shape index (κ2) is 9.76. The average Bonchev–Trinajstić information content (AvgIpc) is 3.26. The first-order valence-electron chi connectivity index (χ1n) is 10.7. The normalized spacial score (nSPS) is 14.6. The maximum atomic E-state index is 13.1. The zero-order valence-corrected chi connectivity index (χ0v) is 18.7. The standard InChI is InChI=1S/C24H24F3N3O4/c1-32-17-7-8-19(33-2)18(13-17)21-22(20(29-30-21)14-9-11-34-12-10-14)28-23(31)15-3-5-16(6-4-15)24(25,26)27/h3-8,13-14H,9-12H2,1-2H3,(H,28,31)(H,29,30). The number of anilines is 1. The summed E-state index contributed by atoms with van der Waals surface area (Å²) in [7, 11) is 3.06. The second-order valence-electron chi connectivity index (χ2n) is 7.84. The Kier molecular flexibility index (Phi) is 6.78. The van der Waals surface area contributed by atoms with Crippen LogP contribution in [0.5, 0.6) is 11.5 Å². The fourth-order valence-corrected chi connectivity index (χ4v) is 3.95. The lowest BCUT2D eigenvalue weighted by Gasteiger charge is -2.22. The minimum Gasteiger partial charge on any atom is -0.497 e. The molecule has 0 bridgehead atoms. The van der Waals surface area contributed by atoms with E-state index in [1.807, 2.05) is 0 Å². The molecular weight excluding hydrogens is 451 g/mol. The van der Waals surface area contributed by atoms with Crippen LogP contribution in [0.3, 0.4) is 0 Å². The number of benzene rings is 2. The van der Waals surface area contributed by atoms with Crippen molar-refractivity contribution >= 4 is 11.6 Å². The van der Waals surface area contributed by atoms with Gasteiger partial charge >= 0.3 is 6.18 Å². The molecule has 2 N–H and O–H groups in total. The average molecular weight is 475 g/mol. The van der Waals surface area contributed by atoms with Gasteiger partial charge in [-0.1, -0.05) is 0 Å². The van der Waals surface area contributed by atoms with Crippen molar-refractivity contribution in [1.29, 1.82) is 0 Å². The van der Waals surface area contributed by atoms with Gasteiger partial charge in [0.05, 0.1) is 31.2 Å². The molecule has 1 aliphatic rings. The summed E-state index contributed by atoms with van der Waals surface area (Å²) in [5.41, 5.74) is 1.48. The van der Waals surface area contributed by atoms with E-state index >= 15 is 0 Å². The summed E-state index contributed by atoms with van der Waals surface area (Å²) in [6, 6.07) is 9.30. The Morgan fingerprint density at radius 3 is 2.41 bits per heavy atom. The smallest absolute Gasteiger partial charge is 0.416 e. The molecule has 3 aromatic rings. The highest BCUT2D eigenvalue weighted by Crippen LogP contribution is 2.41. The lowest BCUT2D eigenvalue weighted by molar-refractivity contribution is -0.137. The van der Waals surface area contributed by atoms with Crippen molar-refractivity contribution in [3.05, 3.63) is 59.3 Å². The first kappa shape index (κ1) is 23.6. The molecule has 0 aliphatic carbocycles. The summed E-state index contributed by atoms with van der Waals surface area (Å²) in [6.07, 6.45) is -3.01. The number of aromatic amines is 1. The zero-order chi connectivity index (χ0) is 24.3. The van der Waals surface area contributed by atoms with E-state index in [2.05, 4.69) is 15.5 Å². The molecule has 0 spiro atoms. The predicted octanol–water partition coefficient (Wildman–Crippen LogP) is 5.26. The summed E-state index contributed by atoms with van der Waals surface area (Å²) in [6.45, 7) is 1.15. The maximum absolute atomic E-state index is 13.1. The second-order valence-corrected chi connectivity index (χ2v) is 7.84. The molecule has 1 saturated heterocycles. The van der Waals surface area contributed by atoms with Crippen molar-refractivity contribution in [3.8, 4) is 22.8 Å². The number of H-pyrrole nitrogens is 1. The molecule has 7 nitrogen and oxygen atoms in total. The number of nitrogens with zero attached hydrogens (tertiary/aromatic N) is 1. The van der Waals surface area contributed by atoms with Gasteiger partial charge in [-0.05, 0) is 55.3 Å². The van der Waals surface area contributed by atoms with E-state index in [1.54, 1.807) is 18.2 Å². The van der Waals surface area contributed by atoms with Crippen LogP contribution in [0.2, 0.25) is 0 Å². The Morgan fingerprint density at radius 2 is 1.79 bits per heavy atom. The number of carbonyl (C=O) groups is 1. The molecular formula is C24H24F3N3O4. The van der Waals surface area contributed by atoms with Crippen LogP contribution in [0.25, 0.3) is 11.3 Å². The van der Waals surface area contributed by atoms with Gasteiger partial charge in [0.25, 0.3) is 5.91 Å². The number of hydrogen-bond acceptors (Lipinski definition) is 5. The van der Waals surface area contributed by atoms with E-state index in [4.69, 9.17) is 14.2 Å². The van der Waals surface area contributed by atoms with Crippen LogP contribution in [0.4, 0.5) is 18.9 Å². The molecule has 2 aromatic carbocycles. The van der Waals surface area contributed by atoms with Crippen molar-refractivity contribution < 1.29 is 32.2 Å². The molecule has 2 heterocycles. The van der Waals surface area contributed by atoms with Gasteiger partial charge in [0.1, 0.15) is 17.2 Å². The Morgan fingerprint density at radius 1 is 1.09 bits per heavy atom. The lowest BCUT2D eigenvalue weighted by Crippen LogP contribution is -2.18. The molecule has 1 aliphatic heterocycles. The van der Waals surface area contributed by atoms with Crippen molar-refractivity contribution in [2.24, 2.45) is 0 Å². The number of aromatic nitrogens is 2. The molecule has 4 rings (SSSR count). The first-order chi connectivity index (χ1) is 16.3. The van der Waals surface area contributed by atoms with E-state index in [1.165, 1.54) is 14.2 Å².